The van der Waals surface area contributed by atoms with Crippen molar-refractivity contribution in [3.63, 3.8) is 0 Å². The Morgan fingerprint density at radius 2 is 1.53 bits per heavy atom. The maximum Gasteiger partial charge on any atom is 0.0217 e. The predicted octanol–water partition coefficient (Wildman–Crippen LogP) is 3.52. The maximum absolute atomic E-state index is 3.70. The number of hydrogen-bond donors (Lipinski definition) is 1. The van der Waals surface area contributed by atoms with Crippen LogP contribution in [0, 0.1) is 5.92 Å². The van der Waals surface area contributed by atoms with Gasteiger partial charge in [-0.3, -0.25) is 0 Å². The van der Waals surface area contributed by atoms with Crippen molar-refractivity contribution in [2.45, 2.75) is 65.3 Å². The summed E-state index contributed by atoms with van der Waals surface area (Å²) in [7, 11) is 4.31. The van der Waals surface area contributed by atoms with Crippen LogP contribution in [-0.4, -0.2) is 38.1 Å². The van der Waals surface area contributed by atoms with Crippen molar-refractivity contribution < 1.29 is 0 Å². The van der Waals surface area contributed by atoms with E-state index in [1.807, 2.05) is 0 Å². The highest BCUT2D eigenvalue weighted by Gasteiger charge is 2.12. The average Bonchev–Trinajstić information content (AvgIpc) is 2.25. The third-order valence-corrected chi connectivity index (χ3v) is 3.30. The number of nitrogens with one attached hydrogen (secondary N) is 1. The molecule has 2 heteroatoms. The zero-order valence-electron chi connectivity index (χ0n) is 12.8. The minimum absolute atomic E-state index is 0.639. The molecule has 0 aliphatic rings. The molecule has 0 spiro atoms. The second-order valence-electron chi connectivity index (χ2n) is 5.83. The van der Waals surface area contributed by atoms with Gasteiger partial charge in [-0.15, -0.1) is 0 Å². The second kappa shape index (κ2) is 11.0. The van der Waals surface area contributed by atoms with Crippen molar-refractivity contribution in [1.29, 1.82) is 0 Å². The monoisotopic (exact) mass is 242 g/mol. The van der Waals surface area contributed by atoms with Gasteiger partial charge in [-0.2, -0.15) is 0 Å². The van der Waals surface area contributed by atoms with Crippen LogP contribution in [0.4, 0.5) is 0 Å². The fraction of sp³-hybridized carbons (Fsp3) is 1.00. The molecule has 0 aromatic heterocycles. The van der Waals surface area contributed by atoms with Gasteiger partial charge in [0.2, 0.25) is 0 Å². The van der Waals surface area contributed by atoms with Crippen molar-refractivity contribution in [2.24, 2.45) is 5.92 Å². The summed E-state index contributed by atoms with van der Waals surface area (Å²) >= 11 is 0. The molecule has 0 aliphatic heterocycles. The summed E-state index contributed by atoms with van der Waals surface area (Å²) in [5.74, 6) is 0.720. The van der Waals surface area contributed by atoms with E-state index in [2.05, 4.69) is 45.1 Å². The van der Waals surface area contributed by atoms with Crippen LogP contribution in [0.5, 0.6) is 0 Å². The molecular weight excluding hydrogens is 208 g/mol. The predicted molar refractivity (Wildman–Crippen MR) is 78.6 cm³/mol. The summed E-state index contributed by atoms with van der Waals surface area (Å²) in [6, 6.07) is 0.639. The van der Waals surface area contributed by atoms with E-state index in [4.69, 9.17) is 0 Å². The molecule has 17 heavy (non-hydrogen) atoms. The summed E-state index contributed by atoms with van der Waals surface area (Å²) in [5, 5.41) is 3.70. The summed E-state index contributed by atoms with van der Waals surface area (Å²) in [5.41, 5.74) is 0. The van der Waals surface area contributed by atoms with Crippen LogP contribution < -0.4 is 5.32 Å². The largest absolute Gasteiger partial charge is 0.312 e. The van der Waals surface area contributed by atoms with Gasteiger partial charge in [0.05, 0.1) is 0 Å². The van der Waals surface area contributed by atoms with Gasteiger partial charge >= 0.3 is 0 Å². The topological polar surface area (TPSA) is 15.3 Å². The Hall–Kier alpha value is -0.0800. The van der Waals surface area contributed by atoms with E-state index in [1.54, 1.807) is 0 Å². The zero-order chi connectivity index (χ0) is 13.1. The normalized spacial score (nSPS) is 13.6. The van der Waals surface area contributed by atoms with Gasteiger partial charge in [-0.05, 0) is 33.0 Å². The van der Waals surface area contributed by atoms with Gasteiger partial charge in [0.25, 0.3) is 0 Å². The molecule has 104 valence electrons. The first kappa shape index (κ1) is 16.9. The van der Waals surface area contributed by atoms with Crippen LogP contribution >= 0.6 is 0 Å². The van der Waals surface area contributed by atoms with Gasteiger partial charge in [0.1, 0.15) is 0 Å². The van der Waals surface area contributed by atoms with Crippen LogP contribution in [-0.2, 0) is 0 Å². The lowest BCUT2D eigenvalue weighted by Crippen LogP contribution is -2.42. The molecule has 0 aromatic rings. The second-order valence-corrected chi connectivity index (χ2v) is 5.83. The molecule has 0 aliphatic carbocycles. The zero-order valence-corrected chi connectivity index (χ0v) is 12.8. The van der Waals surface area contributed by atoms with Gasteiger partial charge in [0.15, 0.2) is 0 Å². The van der Waals surface area contributed by atoms with Crippen LogP contribution in [0.2, 0.25) is 0 Å². The highest BCUT2D eigenvalue weighted by atomic mass is 15.1. The molecule has 0 radical (unpaired) electrons. The quantitative estimate of drug-likeness (QED) is 0.558. The number of unbranched alkanes of at least 4 members (excludes halogenated alkanes) is 5. The number of likely N-dealkylation sites (N-methyl/N-ethyl adjacent to an activating group) is 1. The molecule has 0 saturated heterocycles. The van der Waals surface area contributed by atoms with Gasteiger partial charge in [0, 0.05) is 12.6 Å². The first-order valence-corrected chi connectivity index (χ1v) is 7.46. The van der Waals surface area contributed by atoms with E-state index < -0.39 is 0 Å². The van der Waals surface area contributed by atoms with Crippen LogP contribution in [0.3, 0.4) is 0 Å². The lowest BCUT2D eigenvalue weighted by Gasteiger charge is -2.25. The third-order valence-electron chi connectivity index (χ3n) is 3.30. The average molecular weight is 242 g/mol. The van der Waals surface area contributed by atoms with Gasteiger partial charge in [-0.1, -0.05) is 52.9 Å². The van der Waals surface area contributed by atoms with Crippen molar-refractivity contribution >= 4 is 0 Å². The third kappa shape index (κ3) is 10.8. The van der Waals surface area contributed by atoms with Gasteiger partial charge in [-0.25, -0.2) is 0 Å². The van der Waals surface area contributed by atoms with E-state index in [-0.39, 0.29) is 0 Å². The van der Waals surface area contributed by atoms with Crippen LogP contribution in [0.15, 0.2) is 0 Å². The molecule has 0 fully saturated rings. The molecule has 2 nitrogen and oxygen atoms in total. The molecule has 1 N–H and O–H groups in total. The number of hydrogen-bond acceptors (Lipinski definition) is 2. The van der Waals surface area contributed by atoms with E-state index in [1.165, 1.54) is 45.1 Å². The Bertz CT molecular complexity index is 155. The standard InChI is InChI=1S/C15H34N2/c1-6-7-8-9-10-11-12-16-15(14(2)3)13-17(4)5/h14-16H,6-13H2,1-5H3. The lowest BCUT2D eigenvalue weighted by molar-refractivity contribution is 0.288. The van der Waals surface area contributed by atoms with Crippen molar-refractivity contribution in [1.82, 2.24) is 10.2 Å². The van der Waals surface area contributed by atoms with E-state index in [9.17, 15) is 0 Å². The summed E-state index contributed by atoms with van der Waals surface area (Å²) in [6.45, 7) is 9.22. The highest BCUT2D eigenvalue weighted by molar-refractivity contribution is 4.72. The van der Waals surface area contributed by atoms with E-state index in [0.717, 1.165) is 12.5 Å². The molecule has 1 atom stereocenters. The molecule has 0 bridgehead atoms. The minimum Gasteiger partial charge on any atom is -0.312 e. The highest BCUT2D eigenvalue weighted by Crippen LogP contribution is 2.06. The molecule has 0 saturated carbocycles. The smallest absolute Gasteiger partial charge is 0.0217 e. The Morgan fingerprint density at radius 1 is 0.941 bits per heavy atom. The van der Waals surface area contributed by atoms with Crippen molar-refractivity contribution in [3.8, 4) is 0 Å². The fourth-order valence-electron chi connectivity index (χ4n) is 2.10. The molecule has 0 rings (SSSR count). The van der Waals surface area contributed by atoms with Crippen molar-refractivity contribution in [3.05, 3.63) is 0 Å². The van der Waals surface area contributed by atoms with Crippen molar-refractivity contribution in [2.75, 3.05) is 27.2 Å². The van der Waals surface area contributed by atoms with Crippen LogP contribution in [0.1, 0.15) is 59.3 Å². The van der Waals surface area contributed by atoms with E-state index in [0.29, 0.717) is 6.04 Å². The summed E-state index contributed by atoms with van der Waals surface area (Å²) in [6.07, 6.45) is 8.30. The molecular formula is C15H34N2. The Labute approximate surface area is 109 Å². The van der Waals surface area contributed by atoms with Gasteiger partial charge < -0.3 is 10.2 Å². The lowest BCUT2D eigenvalue weighted by atomic mass is 10.0. The molecule has 0 heterocycles. The molecule has 1 unspecified atom stereocenters. The molecule has 0 amide bonds. The maximum atomic E-state index is 3.70. The fourth-order valence-corrected chi connectivity index (χ4v) is 2.10. The minimum atomic E-state index is 0.639. The Morgan fingerprint density at radius 3 is 2.06 bits per heavy atom. The Kier molecular flexibility index (Phi) is 11.0. The number of rotatable bonds is 11. The summed E-state index contributed by atoms with van der Waals surface area (Å²) in [4.78, 5) is 2.28. The first-order valence-electron chi connectivity index (χ1n) is 7.46. The van der Waals surface area contributed by atoms with Crippen LogP contribution in [0.25, 0.3) is 0 Å². The van der Waals surface area contributed by atoms with E-state index >= 15 is 0 Å². The summed E-state index contributed by atoms with van der Waals surface area (Å²) < 4.78 is 0. The SMILES string of the molecule is CCCCCCCCNC(CN(C)C)C(C)C. The molecule has 0 aromatic carbocycles. The number of nitrogens with zero attached hydrogens (tertiary/aromatic N) is 1. The Balaban J connectivity index is 3.48. The first-order chi connectivity index (χ1) is 8.07.